The van der Waals surface area contributed by atoms with Crippen LogP contribution in [0.1, 0.15) is 30.4 Å². The van der Waals surface area contributed by atoms with Crippen LogP contribution in [-0.2, 0) is 11.2 Å². The number of aldehydes is 1. The van der Waals surface area contributed by atoms with Gasteiger partial charge in [0, 0.05) is 38.3 Å². The molecule has 4 heteroatoms. The fourth-order valence-electron chi connectivity index (χ4n) is 3.08. The number of benzene rings is 1. The minimum Gasteiger partial charge on any atom is -0.371 e. The molecule has 2 rings (SSSR count). The first-order valence-corrected chi connectivity index (χ1v) is 8.89. The Hall–Kier alpha value is -1.00. The maximum absolute atomic E-state index is 10.7. The molecule has 0 radical (unpaired) electrons. The van der Waals surface area contributed by atoms with E-state index in [1.54, 1.807) is 0 Å². The van der Waals surface area contributed by atoms with Gasteiger partial charge in [0.15, 0.2) is 0 Å². The smallest absolute Gasteiger partial charge is 0.120 e. The lowest BCUT2D eigenvalue weighted by atomic mass is 10.00. The molecule has 0 unspecified atom stereocenters. The predicted molar refractivity (Wildman–Crippen MR) is 92.1 cm³/mol. The Kier molecular flexibility index (Phi) is 6.12. The summed E-state index contributed by atoms with van der Waals surface area (Å²) in [7, 11) is 2.20. The van der Waals surface area contributed by atoms with E-state index in [2.05, 4.69) is 47.6 Å². The highest BCUT2D eigenvalue weighted by molar-refractivity contribution is 7.96. The Balaban J connectivity index is 2.11. The van der Waals surface area contributed by atoms with Crippen molar-refractivity contribution in [2.24, 2.45) is 0 Å². The summed E-state index contributed by atoms with van der Waals surface area (Å²) in [5.41, 5.74) is 3.87. The minimum absolute atomic E-state index is 0.603. The van der Waals surface area contributed by atoms with Crippen molar-refractivity contribution in [3.8, 4) is 0 Å². The van der Waals surface area contributed by atoms with Crippen LogP contribution in [0.2, 0.25) is 0 Å². The Morgan fingerprint density at radius 1 is 1.38 bits per heavy atom. The molecule has 1 fully saturated rings. The molecule has 0 saturated carbocycles. The number of hydrogen-bond acceptors (Lipinski definition) is 4. The molecule has 0 aromatic heterocycles. The van der Waals surface area contributed by atoms with Gasteiger partial charge in [0.2, 0.25) is 0 Å². The van der Waals surface area contributed by atoms with Gasteiger partial charge < -0.3 is 9.69 Å². The molecule has 116 valence electrons. The molecule has 1 heterocycles. The molecule has 1 aliphatic heterocycles. The average Bonchev–Trinajstić information content (AvgIpc) is 2.52. The van der Waals surface area contributed by atoms with Crippen LogP contribution >= 0.6 is 11.9 Å². The summed E-state index contributed by atoms with van der Waals surface area (Å²) in [4.78, 5) is 13.1. The summed E-state index contributed by atoms with van der Waals surface area (Å²) in [6.07, 6.45) is 7.03. The maximum atomic E-state index is 10.7. The SMILES string of the molecule is CSN1CCC(N(C)c2ccc(C)cc2CCC=O)CC1. The minimum atomic E-state index is 0.603. The van der Waals surface area contributed by atoms with Gasteiger partial charge in [-0.15, -0.1) is 0 Å². The van der Waals surface area contributed by atoms with Crippen LogP contribution in [-0.4, -0.2) is 43.0 Å². The van der Waals surface area contributed by atoms with E-state index in [-0.39, 0.29) is 0 Å². The topological polar surface area (TPSA) is 23.6 Å². The second-order valence-corrected chi connectivity index (χ2v) is 6.67. The normalized spacial score (nSPS) is 16.9. The van der Waals surface area contributed by atoms with E-state index in [0.29, 0.717) is 12.5 Å². The van der Waals surface area contributed by atoms with E-state index in [1.165, 1.54) is 29.7 Å². The summed E-state index contributed by atoms with van der Waals surface area (Å²) in [6, 6.07) is 7.22. The van der Waals surface area contributed by atoms with E-state index in [4.69, 9.17) is 0 Å². The molecule has 3 nitrogen and oxygen atoms in total. The summed E-state index contributed by atoms with van der Waals surface area (Å²) in [6.45, 7) is 4.43. The molecule has 1 aromatic carbocycles. The molecular weight excluding hydrogens is 280 g/mol. The van der Waals surface area contributed by atoms with Crippen molar-refractivity contribution in [2.75, 3.05) is 31.3 Å². The van der Waals surface area contributed by atoms with Gasteiger partial charge in [-0.2, -0.15) is 0 Å². The summed E-state index contributed by atoms with van der Waals surface area (Å²) < 4.78 is 2.44. The standard InChI is InChI=1S/C17H26N2OS/c1-14-6-7-17(15(13-14)5-4-12-20)18(2)16-8-10-19(21-3)11-9-16/h6-7,12-13,16H,4-5,8-11H2,1-3H3. The van der Waals surface area contributed by atoms with Gasteiger partial charge in [-0.05, 0) is 44.1 Å². The van der Waals surface area contributed by atoms with Gasteiger partial charge in [0.1, 0.15) is 6.29 Å². The van der Waals surface area contributed by atoms with Crippen LogP contribution in [0.4, 0.5) is 5.69 Å². The lowest BCUT2D eigenvalue weighted by Crippen LogP contribution is -2.41. The van der Waals surface area contributed by atoms with Crippen LogP contribution in [0.15, 0.2) is 18.2 Å². The number of hydrogen-bond donors (Lipinski definition) is 0. The molecule has 0 amide bonds. The van der Waals surface area contributed by atoms with Gasteiger partial charge in [0.05, 0.1) is 0 Å². The monoisotopic (exact) mass is 306 g/mol. The van der Waals surface area contributed by atoms with Gasteiger partial charge in [0.25, 0.3) is 0 Å². The summed E-state index contributed by atoms with van der Waals surface area (Å²) in [5, 5.41) is 0. The molecule has 0 spiro atoms. The number of rotatable bonds is 6. The Labute approximate surface area is 132 Å². The summed E-state index contributed by atoms with van der Waals surface area (Å²) >= 11 is 1.85. The van der Waals surface area contributed by atoms with Crippen LogP contribution < -0.4 is 4.90 Å². The third-order valence-corrected chi connectivity index (χ3v) is 5.26. The molecule has 0 bridgehead atoms. The first-order valence-electron chi connectivity index (χ1n) is 7.70. The number of carbonyl (C=O) groups excluding carboxylic acids is 1. The van der Waals surface area contributed by atoms with Gasteiger partial charge in [-0.25, -0.2) is 0 Å². The predicted octanol–water partition coefficient (Wildman–Crippen LogP) is 3.31. The Bertz CT molecular complexity index is 470. The third-order valence-electron chi connectivity index (χ3n) is 4.38. The van der Waals surface area contributed by atoms with E-state index in [1.807, 2.05) is 11.9 Å². The number of nitrogens with zero attached hydrogens (tertiary/aromatic N) is 2. The summed E-state index contributed by atoms with van der Waals surface area (Å²) in [5.74, 6) is 0. The number of aryl methyl sites for hydroxylation is 2. The van der Waals surface area contributed by atoms with Crippen molar-refractivity contribution in [3.63, 3.8) is 0 Å². The van der Waals surface area contributed by atoms with Crippen LogP contribution in [0.5, 0.6) is 0 Å². The zero-order valence-corrected chi connectivity index (χ0v) is 14.2. The zero-order chi connectivity index (χ0) is 15.2. The number of carbonyl (C=O) groups is 1. The highest BCUT2D eigenvalue weighted by atomic mass is 32.2. The van der Waals surface area contributed by atoms with Crippen molar-refractivity contribution in [2.45, 2.75) is 38.6 Å². The van der Waals surface area contributed by atoms with Gasteiger partial charge >= 0.3 is 0 Å². The van der Waals surface area contributed by atoms with E-state index in [9.17, 15) is 4.79 Å². The third kappa shape index (κ3) is 4.24. The number of piperidine rings is 1. The fraction of sp³-hybridized carbons (Fsp3) is 0.588. The van der Waals surface area contributed by atoms with Crippen molar-refractivity contribution in [1.29, 1.82) is 0 Å². The molecule has 1 aliphatic rings. The van der Waals surface area contributed by atoms with Crippen molar-refractivity contribution >= 4 is 23.9 Å². The zero-order valence-electron chi connectivity index (χ0n) is 13.3. The molecule has 1 aromatic rings. The lowest BCUT2D eigenvalue weighted by molar-refractivity contribution is -0.107. The molecule has 21 heavy (non-hydrogen) atoms. The number of anilines is 1. The van der Waals surface area contributed by atoms with Crippen molar-refractivity contribution < 1.29 is 4.79 Å². The van der Waals surface area contributed by atoms with Gasteiger partial charge in [-0.3, -0.25) is 4.31 Å². The highest BCUT2D eigenvalue weighted by Crippen LogP contribution is 2.28. The largest absolute Gasteiger partial charge is 0.371 e. The van der Waals surface area contributed by atoms with Crippen LogP contribution in [0.25, 0.3) is 0 Å². The fourth-order valence-corrected chi connectivity index (χ4v) is 3.66. The van der Waals surface area contributed by atoms with Crippen molar-refractivity contribution in [3.05, 3.63) is 29.3 Å². The first-order chi connectivity index (χ1) is 10.2. The van der Waals surface area contributed by atoms with E-state index < -0.39 is 0 Å². The van der Waals surface area contributed by atoms with Crippen LogP contribution in [0, 0.1) is 6.92 Å². The Morgan fingerprint density at radius 3 is 2.71 bits per heavy atom. The van der Waals surface area contributed by atoms with E-state index in [0.717, 1.165) is 25.8 Å². The molecule has 1 saturated heterocycles. The second-order valence-electron chi connectivity index (χ2n) is 5.79. The van der Waals surface area contributed by atoms with Crippen molar-refractivity contribution in [1.82, 2.24) is 4.31 Å². The average molecular weight is 306 g/mol. The second kappa shape index (κ2) is 7.85. The molecule has 0 aliphatic carbocycles. The van der Waals surface area contributed by atoms with Crippen LogP contribution in [0.3, 0.4) is 0 Å². The maximum Gasteiger partial charge on any atom is 0.120 e. The quantitative estimate of drug-likeness (QED) is 0.594. The lowest BCUT2D eigenvalue weighted by Gasteiger charge is -2.37. The molecule has 0 N–H and O–H groups in total. The first kappa shape index (κ1) is 16.4. The van der Waals surface area contributed by atoms with Gasteiger partial charge in [-0.1, -0.05) is 29.6 Å². The Morgan fingerprint density at radius 2 is 2.10 bits per heavy atom. The molecular formula is C17H26N2OS. The van der Waals surface area contributed by atoms with E-state index >= 15 is 0 Å². The molecule has 0 atom stereocenters. The highest BCUT2D eigenvalue weighted by Gasteiger charge is 2.23.